The van der Waals surface area contributed by atoms with Crippen LogP contribution in [0.15, 0.2) is 33.9 Å². The molecule has 1 amide bonds. The highest BCUT2D eigenvalue weighted by atomic mass is 32.2. The molecule has 0 radical (unpaired) electrons. The van der Waals surface area contributed by atoms with Crippen molar-refractivity contribution in [3.8, 4) is 0 Å². The molecular weight excluding hydrogens is 366 g/mol. The van der Waals surface area contributed by atoms with Gasteiger partial charge in [0.05, 0.1) is 12.3 Å². The molecule has 1 saturated heterocycles. The molecule has 146 valence electrons. The average molecular weight is 391 g/mol. The van der Waals surface area contributed by atoms with Gasteiger partial charge in [0.1, 0.15) is 16.3 Å². The monoisotopic (exact) mass is 391 g/mol. The number of amides is 1. The number of fused-ring (bicyclic) bond motifs is 1. The zero-order valence-corrected chi connectivity index (χ0v) is 16.3. The molecule has 2 aromatic rings. The summed E-state index contributed by atoms with van der Waals surface area (Å²) >= 11 is 0. The van der Waals surface area contributed by atoms with Gasteiger partial charge in [0.2, 0.25) is 10.0 Å². The third-order valence-corrected chi connectivity index (χ3v) is 7.39. The average Bonchev–Trinajstić information content (AvgIpc) is 3.30. The third kappa shape index (κ3) is 3.43. The van der Waals surface area contributed by atoms with Crippen molar-refractivity contribution in [2.75, 3.05) is 13.1 Å². The molecule has 0 saturated carbocycles. The fraction of sp³-hybridized carbons (Fsp3) is 0.526. The smallest absolute Gasteiger partial charge is 0.268 e. The summed E-state index contributed by atoms with van der Waals surface area (Å²) in [6, 6.07) is 3.28. The van der Waals surface area contributed by atoms with E-state index in [4.69, 9.17) is 4.42 Å². The number of hydrogen-bond donors (Lipinski definition) is 1. The van der Waals surface area contributed by atoms with Gasteiger partial charge in [-0.05, 0) is 37.8 Å². The van der Waals surface area contributed by atoms with Crippen LogP contribution in [-0.4, -0.2) is 36.3 Å². The number of hydrogen-bond acceptors (Lipinski definition) is 4. The third-order valence-electron chi connectivity index (χ3n) is 5.52. The van der Waals surface area contributed by atoms with Crippen LogP contribution in [0.1, 0.15) is 60.0 Å². The molecule has 7 nitrogen and oxygen atoms in total. The van der Waals surface area contributed by atoms with Gasteiger partial charge in [-0.1, -0.05) is 6.42 Å². The first-order valence-electron chi connectivity index (χ1n) is 9.50. The zero-order valence-electron chi connectivity index (χ0n) is 15.5. The van der Waals surface area contributed by atoms with Crippen molar-refractivity contribution in [3.63, 3.8) is 0 Å². The second kappa shape index (κ2) is 7.16. The number of rotatable bonds is 4. The van der Waals surface area contributed by atoms with Crippen molar-refractivity contribution in [2.45, 2.75) is 49.5 Å². The van der Waals surface area contributed by atoms with Crippen molar-refractivity contribution in [2.24, 2.45) is 7.05 Å². The Kier molecular flexibility index (Phi) is 4.86. The summed E-state index contributed by atoms with van der Waals surface area (Å²) in [6.07, 6.45) is 8.70. The molecule has 0 bridgehead atoms. The van der Waals surface area contributed by atoms with E-state index >= 15 is 0 Å². The highest BCUT2D eigenvalue weighted by Crippen LogP contribution is 2.31. The highest BCUT2D eigenvalue weighted by Gasteiger charge is 2.30. The van der Waals surface area contributed by atoms with Crippen LogP contribution in [0.4, 0.5) is 0 Å². The van der Waals surface area contributed by atoms with E-state index in [-0.39, 0.29) is 16.8 Å². The van der Waals surface area contributed by atoms with Crippen molar-refractivity contribution in [1.29, 1.82) is 0 Å². The first kappa shape index (κ1) is 18.3. The van der Waals surface area contributed by atoms with Crippen LogP contribution in [0, 0.1) is 0 Å². The Bertz CT molecular complexity index is 938. The SMILES string of the molecule is Cn1cc(S(=O)(=O)N2CCCCC2)cc1C(=O)NC1CCCc2occc21. The first-order valence-corrected chi connectivity index (χ1v) is 10.9. The zero-order chi connectivity index (χ0) is 19.0. The molecule has 8 heteroatoms. The molecule has 27 heavy (non-hydrogen) atoms. The Balaban J connectivity index is 1.54. The van der Waals surface area contributed by atoms with Gasteiger partial charge < -0.3 is 14.3 Å². The quantitative estimate of drug-likeness (QED) is 0.868. The van der Waals surface area contributed by atoms with Gasteiger partial charge >= 0.3 is 0 Å². The summed E-state index contributed by atoms with van der Waals surface area (Å²) in [4.78, 5) is 13.0. The van der Waals surface area contributed by atoms with E-state index in [0.717, 1.165) is 49.8 Å². The lowest BCUT2D eigenvalue weighted by Crippen LogP contribution is -2.35. The van der Waals surface area contributed by atoms with Gasteiger partial charge in [0.25, 0.3) is 5.91 Å². The minimum absolute atomic E-state index is 0.1000. The topological polar surface area (TPSA) is 84.5 Å². The molecule has 1 aliphatic heterocycles. The summed E-state index contributed by atoms with van der Waals surface area (Å²) in [5, 5.41) is 3.03. The number of aromatic nitrogens is 1. The van der Waals surface area contributed by atoms with E-state index in [2.05, 4.69) is 5.32 Å². The normalized spacial score (nSPS) is 21.0. The lowest BCUT2D eigenvalue weighted by atomic mass is 9.93. The summed E-state index contributed by atoms with van der Waals surface area (Å²) < 4.78 is 34.3. The molecule has 0 aromatic carbocycles. The van der Waals surface area contributed by atoms with Gasteiger partial charge in [-0.2, -0.15) is 4.31 Å². The molecule has 0 spiro atoms. The Morgan fingerprint density at radius 3 is 2.78 bits per heavy atom. The van der Waals surface area contributed by atoms with Crippen molar-refractivity contribution in [1.82, 2.24) is 14.2 Å². The molecule has 1 fully saturated rings. The summed E-state index contributed by atoms with van der Waals surface area (Å²) in [5.41, 5.74) is 1.37. The van der Waals surface area contributed by atoms with E-state index in [9.17, 15) is 13.2 Å². The molecule has 1 N–H and O–H groups in total. The molecule has 4 rings (SSSR count). The summed E-state index contributed by atoms with van der Waals surface area (Å²) in [7, 11) is -1.85. The number of carbonyl (C=O) groups excluding carboxylic acids is 1. The van der Waals surface area contributed by atoms with Gasteiger partial charge in [-0.15, -0.1) is 0 Å². The van der Waals surface area contributed by atoms with Crippen LogP contribution in [0.2, 0.25) is 0 Å². The van der Waals surface area contributed by atoms with E-state index in [1.807, 2.05) is 6.07 Å². The van der Waals surface area contributed by atoms with Gasteiger partial charge in [-0.25, -0.2) is 8.42 Å². The van der Waals surface area contributed by atoms with Crippen molar-refractivity contribution in [3.05, 3.63) is 41.6 Å². The molecule has 1 unspecified atom stereocenters. The van der Waals surface area contributed by atoms with E-state index in [1.54, 1.807) is 17.9 Å². The standard InChI is InChI=1S/C19H25N3O4S/c1-21-13-14(27(24,25)22-9-3-2-4-10-22)12-17(21)19(23)20-16-6-5-7-18-15(16)8-11-26-18/h8,11-13,16H,2-7,9-10H2,1H3,(H,20,23). The number of carbonyl (C=O) groups is 1. The number of sulfonamides is 1. The molecule has 3 heterocycles. The van der Waals surface area contributed by atoms with E-state index in [0.29, 0.717) is 18.8 Å². The second-order valence-corrected chi connectivity index (χ2v) is 9.29. The fourth-order valence-electron chi connectivity index (χ4n) is 4.02. The Morgan fingerprint density at radius 2 is 2.00 bits per heavy atom. The predicted molar refractivity (Wildman–Crippen MR) is 99.9 cm³/mol. The minimum atomic E-state index is -3.55. The van der Waals surface area contributed by atoms with Crippen molar-refractivity contribution >= 4 is 15.9 Å². The van der Waals surface area contributed by atoms with Crippen LogP contribution in [0.3, 0.4) is 0 Å². The molecule has 2 aromatic heterocycles. The highest BCUT2D eigenvalue weighted by molar-refractivity contribution is 7.89. The van der Waals surface area contributed by atoms with Crippen LogP contribution >= 0.6 is 0 Å². The Morgan fingerprint density at radius 1 is 1.22 bits per heavy atom. The van der Waals surface area contributed by atoms with Gasteiger partial charge in [-0.3, -0.25) is 4.79 Å². The minimum Gasteiger partial charge on any atom is -0.469 e. The maximum absolute atomic E-state index is 12.9. The van der Waals surface area contributed by atoms with Crippen molar-refractivity contribution < 1.29 is 17.6 Å². The Labute approximate surface area is 159 Å². The predicted octanol–water partition coefficient (Wildman–Crippen LogP) is 2.60. The van der Waals surface area contributed by atoms with Crippen LogP contribution < -0.4 is 5.32 Å². The number of aryl methyl sites for hydroxylation is 2. The maximum atomic E-state index is 12.9. The molecular formula is C19H25N3O4S. The molecule has 2 aliphatic rings. The lowest BCUT2D eigenvalue weighted by Gasteiger charge is -2.25. The number of furan rings is 1. The lowest BCUT2D eigenvalue weighted by molar-refractivity contribution is 0.0924. The van der Waals surface area contributed by atoms with Crippen LogP contribution in [-0.2, 0) is 23.5 Å². The number of nitrogens with one attached hydrogen (secondary N) is 1. The van der Waals surface area contributed by atoms with Crippen LogP contribution in [0.5, 0.6) is 0 Å². The summed E-state index contributed by atoms with van der Waals surface area (Å²) in [5.74, 6) is 0.656. The van der Waals surface area contributed by atoms with Gasteiger partial charge in [0, 0.05) is 38.3 Å². The fourth-order valence-corrected chi connectivity index (χ4v) is 5.61. The summed E-state index contributed by atoms with van der Waals surface area (Å²) in [6.45, 7) is 1.09. The molecule has 1 atom stereocenters. The largest absolute Gasteiger partial charge is 0.469 e. The first-order chi connectivity index (χ1) is 13.0. The maximum Gasteiger partial charge on any atom is 0.268 e. The molecule has 1 aliphatic carbocycles. The van der Waals surface area contributed by atoms with E-state index < -0.39 is 10.0 Å². The second-order valence-electron chi connectivity index (χ2n) is 7.35. The number of nitrogens with zero attached hydrogens (tertiary/aromatic N) is 2. The van der Waals surface area contributed by atoms with E-state index in [1.165, 1.54) is 16.6 Å². The van der Waals surface area contributed by atoms with Gasteiger partial charge in [0.15, 0.2) is 0 Å². The Hall–Kier alpha value is -2.06. The number of piperidine rings is 1. The van der Waals surface area contributed by atoms with Crippen LogP contribution in [0.25, 0.3) is 0 Å².